The van der Waals surface area contributed by atoms with E-state index in [-0.39, 0.29) is 0 Å². The van der Waals surface area contributed by atoms with E-state index < -0.39 is 11.8 Å². The van der Waals surface area contributed by atoms with Gasteiger partial charge in [-0.3, -0.25) is 14.5 Å². The van der Waals surface area contributed by atoms with Gasteiger partial charge in [0.15, 0.2) is 0 Å². The Morgan fingerprint density at radius 2 is 1.35 bits per heavy atom. The number of rotatable bonds is 3. The van der Waals surface area contributed by atoms with Gasteiger partial charge < -0.3 is 5.32 Å². The van der Waals surface area contributed by atoms with Gasteiger partial charge in [-0.25, -0.2) is 0 Å². The van der Waals surface area contributed by atoms with Gasteiger partial charge in [0.05, 0.1) is 0 Å². The molecule has 4 heteroatoms. The molecule has 0 unspecified atom stereocenters. The van der Waals surface area contributed by atoms with E-state index in [1.54, 1.807) is 31.2 Å². The molecule has 20 heavy (non-hydrogen) atoms. The molecule has 0 radical (unpaired) electrons. The smallest absolute Gasteiger partial charge is 0.320 e. The minimum atomic E-state index is -0.611. The van der Waals surface area contributed by atoms with Crippen LogP contribution in [0.5, 0.6) is 0 Å². The Bertz CT molecular complexity index is 542. The molecule has 0 aliphatic rings. The number of benzene rings is 2. The predicted octanol–water partition coefficient (Wildman–Crippen LogP) is 2.49. The van der Waals surface area contributed by atoms with Crippen LogP contribution in [0.1, 0.15) is 6.92 Å². The zero-order valence-corrected chi connectivity index (χ0v) is 11.2. The number of likely N-dealkylation sites (N-methyl/N-ethyl adjacent to an activating group) is 1. The molecule has 0 aliphatic heterocycles. The monoisotopic (exact) mass is 268 g/mol. The van der Waals surface area contributed by atoms with Crippen molar-refractivity contribution in [3.8, 4) is 0 Å². The highest BCUT2D eigenvalue weighted by molar-refractivity contribution is 6.42. The molecule has 0 heterocycles. The summed E-state index contributed by atoms with van der Waals surface area (Å²) in [5.41, 5.74) is 1.32. The summed E-state index contributed by atoms with van der Waals surface area (Å²) in [4.78, 5) is 25.6. The fraction of sp³-hybridized carbons (Fsp3) is 0.125. The SMILES string of the molecule is CCNC(=O)C(=O)N(c1ccccc1)c1ccccc1. The van der Waals surface area contributed by atoms with Crippen LogP contribution in [-0.2, 0) is 9.59 Å². The zero-order chi connectivity index (χ0) is 14.4. The number of amides is 2. The standard InChI is InChI=1S/C16H16N2O2/c1-2-17-15(19)16(20)18(13-9-5-3-6-10-13)14-11-7-4-8-12-14/h3-12H,2H2,1H3,(H,17,19). The number of nitrogens with one attached hydrogen (secondary N) is 1. The molecule has 4 nitrogen and oxygen atoms in total. The third kappa shape index (κ3) is 3.03. The first-order chi connectivity index (χ1) is 9.74. The van der Waals surface area contributed by atoms with E-state index >= 15 is 0 Å². The first kappa shape index (κ1) is 13.8. The molecule has 0 aromatic heterocycles. The Morgan fingerprint density at radius 3 is 1.75 bits per heavy atom. The summed E-state index contributed by atoms with van der Waals surface area (Å²) >= 11 is 0. The lowest BCUT2D eigenvalue weighted by atomic mass is 10.2. The summed E-state index contributed by atoms with van der Waals surface area (Å²) in [6.45, 7) is 2.20. The molecule has 0 aliphatic carbocycles. The quantitative estimate of drug-likeness (QED) is 0.869. The Labute approximate surface area is 118 Å². The number of hydrogen-bond donors (Lipinski definition) is 1. The Kier molecular flexibility index (Phi) is 4.50. The first-order valence-corrected chi connectivity index (χ1v) is 6.46. The second-order valence-electron chi connectivity index (χ2n) is 4.17. The number of para-hydroxylation sites is 2. The Balaban J connectivity index is 2.40. The molecule has 102 valence electrons. The van der Waals surface area contributed by atoms with Crippen LogP contribution in [0.15, 0.2) is 60.7 Å². The van der Waals surface area contributed by atoms with Crippen LogP contribution in [0.25, 0.3) is 0 Å². The van der Waals surface area contributed by atoms with E-state index in [0.717, 1.165) is 0 Å². The molecule has 0 saturated heterocycles. The van der Waals surface area contributed by atoms with Crippen molar-refractivity contribution >= 4 is 23.2 Å². The van der Waals surface area contributed by atoms with Gasteiger partial charge >= 0.3 is 11.8 Å². The lowest BCUT2D eigenvalue weighted by molar-refractivity contribution is -0.137. The third-order valence-corrected chi connectivity index (χ3v) is 2.76. The van der Waals surface area contributed by atoms with Crippen molar-refractivity contribution < 1.29 is 9.59 Å². The maximum atomic E-state index is 12.3. The molecule has 2 rings (SSSR count). The van der Waals surface area contributed by atoms with Crippen LogP contribution in [0.4, 0.5) is 11.4 Å². The van der Waals surface area contributed by atoms with Crippen LogP contribution < -0.4 is 10.2 Å². The second-order valence-corrected chi connectivity index (χ2v) is 4.17. The van der Waals surface area contributed by atoms with Crippen molar-refractivity contribution in [1.82, 2.24) is 5.32 Å². The third-order valence-electron chi connectivity index (χ3n) is 2.76. The van der Waals surface area contributed by atoms with Gasteiger partial charge in [-0.1, -0.05) is 36.4 Å². The molecule has 0 spiro atoms. The highest BCUT2D eigenvalue weighted by Gasteiger charge is 2.23. The number of carbonyl (C=O) groups is 2. The maximum Gasteiger partial charge on any atom is 0.320 e. The molecule has 2 amide bonds. The van der Waals surface area contributed by atoms with Crippen molar-refractivity contribution in [2.24, 2.45) is 0 Å². The fourth-order valence-corrected chi connectivity index (χ4v) is 1.88. The minimum Gasteiger partial charge on any atom is -0.348 e. The molecule has 2 aromatic carbocycles. The van der Waals surface area contributed by atoms with Gasteiger partial charge in [0.2, 0.25) is 0 Å². The van der Waals surface area contributed by atoms with Crippen LogP contribution >= 0.6 is 0 Å². The average molecular weight is 268 g/mol. The number of carbonyl (C=O) groups excluding carboxylic acids is 2. The molecule has 2 aromatic rings. The molecule has 0 bridgehead atoms. The first-order valence-electron chi connectivity index (χ1n) is 6.46. The van der Waals surface area contributed by atoms with E-state index in [1.165, 1.54) is 4.90 Å². The summed E-state index contributed by atoms with van der Waals surface area (Å²) in [5.74, 6) is -1.20. The average Bonchev–Trinajstić information content (AvgIpc) is 2.50. The highest BCUT2D eigenvalue weighted by Crippen LogP contribution is 2.24. The molecule has 0 fully saturated rings. The van der Waals surface area contributed by atoms with Crippen LogP contribution in [0.3, 0.4) is 0 Å². The highest BCUT2D eigenvalue weighted by atomic mass is 16.2. The second kappa shape index (κ2) is 6.52. The molecule has 0 atom stereocenters. The Hall–Kier alpha value is -2.62. The van der Waals surface area contributed by atoms with Gasteiger partial charge in [0.25, 0.3) is 0 Å². The summed E-state index contributed by atoms with van der Waals surface area (Å²) in [6.07, 6.45) is 0. The number of anilines is 2. The molecular formula is C16H16N2O2. The van der Waals surface area contributed by atoms with E-state index in [1.807, 2.05) is 36.4 Å². The molecular weight excluding hydrogens is 252 g/mol. The Morgan fingerprint density at radius 1 is 0.900 bits per heavy atom. The van der Waals surface area contributed by atoms with Crippen LogP contribution in [0.2, 0.25) is 0 Å². The van der Waals surface area contributed by atoms with Crippen molar-refractivity contribution in [2.75, 3.05) is 11.4 Å². The summed E-state index contributed by atoms with van der Waals surface area (Å²) in [5, 5.41) is 2.54. The van der Waals surface area contributed by atoms with E-state index in [9.17, 15) is 9.59 Å². The van der Waals surface area contributed by atoms with E-state index in [4.69, 9.17) is 0 Å². The van der Waals surface area contributed by atoms with Crippen LogP contribution in [0, 0.1) is 0 Å². The lowest BCUT2D eigenvalue weighted by Gasteiger charge is -2.22. The number of nitrogens with zero attached hydrogens (tertiary/aromatic N) is 1. The minimum absolute atomic E-state index is 0.419. The van der Waals surface area contributed by atoms with Crippen molar-refractivity contribution in [3.05, 3.63) is 60.7 Å². The van der Waals surface area contributed by atoms with Crippen LogP contribution in [-0.4, -0.2) is 18.4 Å². The van der Waals surface area contributed by atoms with Crippen molar-refractivity contribution in [3.63, 3.8) is 0 Å². The van der Waals surface area contributed by atoms with Crippen molar-refractivity contribution in [1.29, 1.82) is 0 Å². The largest absolute Gasteiger partial charge is 0.348 e. The zero-order valence-electron chi connectivity index (χ0n) is 11.2. The van der Waals surface area contributed by atoms with Crippen molar-refractivity contribution in [2.45, 2.75) is 6.92 Å². The normalized spacial score (nSPS) is 9.85. The summed E-state index contributed by atoms with van der Waals surface area (Å²) in [6, 6.07) is 18.2. The van der Waals surface area contributed by atoms with Gasteiger partial charge in [0.1, 0.15) is 0 Å². The molecule has 1 N–H and O–H groups in total. The predicted molar refractivity (Wildman–Crippen MR) is 78.7 cm³/mol. The summed E-state index contributed by atoms with van der Waals surface area (Å²) in [7, 11) is 0. The van der Waals surface area contributed by atoms with Gasteiger partial charge in [-0.05, 0) is 31.2 Å². The molecule has 0 saturated carbocycles. The number of hydrogen-bond acceptors (Lipinski definition) is 2. The van der Waals surface area contributed by atoms with Gasteiger partial charge in [-0.2, -0.15) is 0 Å². The maximum absolute atomic E-state index is 12.3. The fourth-order valence-electron chi connectivity index (χ4n) is 1.88. The van der Waals surface area contributed by atoms with Gasteiger partial charge in [-0.15, -0.1) is 0 Å². The van der Waals surface area contributed by atoms with Gasteiger partial charge in [0, 0.05) is 17.9 Å². The van der Waals surface area contributed by atoms with E-state index in [2.05, 4.69) is 5.32 Å². The lowest BCUT2D eigenvalue weighted by Crippen LogP contribution is -2.40. The topological polar surface area (TPSA) is 49.4 Å². The summed E-state index contributed by atoms with van der Waals surface area (Å²) < 4.78 is 0. The van der Waals surface area contributed by atoms with E-state index in [0.29, 0.717) is 17.9 Å².